The van der Waals surface area contributed by atoms with E-state index in [-0.39, 0.29) is 0 Å². The van der Waals surface area contributed by atoms with Gasteiger partial charge >= 0.3 is 12.3 Å². The minimum Gasteiger partial charge on any atom is -0.438 e. The molecule has 6 nitrogen and oxygen atoms in total. The van der Waals surface area contributed by atoms with Gasteiger partial charge in [-0.05, 0) is 0 Å². The molecule has 16 heavy (non-hydrogen) atoms. The summed E-state index contributed by atoms with van der Waals surface area (Å²) in [4.78, 5) is 10.6. The zero-order chi connectivity index (χ0) is 12.6. The molecular formula is C6H9F3O6S. The fourth-order valence-electron chi connectivity index (χ4n) is 1.18. The van der Waals surface area contributed by atoms with Crippen LogP contribution in [0.5, 0.6) is 0 Å². The average Bonchev–Trinajstić information content (AvgIpc) is 2.40. The van der Waals surface area contributed by atoms with Crippen LogP contribution in [0.15, 0.2) is 0 Å². The molecule has 0 amide bonds. The Balaban J connectivity index is 2.83. The van der Waals surface area contributed by atoms with Gasteiger partial charge in [-0.3, -0.25) is 4.18 Å². The number of halogens is 3. The standard InChI is InChI=1S/C6H9F3O6S/c1-13-5(10)15-3-2-14-16(11,12)4(3)6(7,8)9/h3-4,11-12H,2H2,1H3. The number of hydrogen-bond donors (Lipinski definition) is 2. The summed E-state index contributed by atoms with van der Waals surface area (Å²) in [5.74, 6) is 0. The van der Waals surface area contributed by atoms with Crippen LogP contribution in [0.4, 0.5) is 18.0 Å². The molecule has 10 heteroatoms. The van der Waals surface area contributed by atoms with E-state index in [1.807, 2.05) is 0 Å². The van der Waals surface area contributed by atoms with Gasteiger partial charge in [-0.15, -0.1) is 0 Å². The van der Waals surface area contributed by atoms with Crippen molar-refractivity contribution < 1.29 is 40.7 Å². The first-order valence-corrected chi connectivity index (χ1v) is 5.44. The Morgan fingerprint density at radius 2 is 2.06 bits per heavy atom. The second kappa shape index (κ2) is 4.28. The first-order chi connectivity index (χ1) is 7.18. The predicted octanol–water partition coefficient (Wildman–Crippen LogP) is 1.76. The highest BCUT2D eigenvalue weighted by atomic mass is 32.3. The maximum atomic E-state index is 12.4. The SMILES string of the molecule is COC(=O)OC1COS(O)(O)C1C(F)(F)F. The molecule has 1 aliphatic heterocycles. The van der Waals surface area contributed by atoms with Gasteiger partial charge in [0, 0.05) is 0 Å². The lowest BCUT2D eigenvalue weighted by Gasteiger charge is -2.29. The van der Waals surface area contributed by atoms with Gasteiger partial charge in [-0.25, -0.2) is 4.79 Å². The molecule has 0 saturated carbocycles. The number of ether oxygens (including phenoxy) is 2. The molecule has 2 unspecified atom stereocenters. The summed E-state index contributed by atoms with van der Waals surface area (Å²) in [6.07, 6.45) is -8.12. The number of rotatable bonds is 1. The zero-order valence-corrected chi connectivity index (χ0v) is 8.75. The Morgan fingerprint density at radius 1 is 1.50 bits per heavy atom. The Morgan fingerprint density at radius 3 is 2.50 bits per heavy atom. The van der Waals surface area contributed by atoms with Gasteiger partial charge in [0.2, 0.25) is 0 Å². The molecule has 0 aromatic carbocycles. The van der Waals surface area contributed by atoms with Crippen LogP contribution in [-0.4, -0.2) is 46.5 Å². The summed E-state index contributed by atoms with van der Waals surface area (Å²) in [6.45, 7) is -0.748. The molecule has 2 N–H and O–H groups in total. The number of carbonyl (C=O) groups is 1. The van der Waals surface area contributed by atoms with Crippen molar-refractivity contribution in [1.29, 1.82) is 0 Å². The highest BCUT2D eigenvalue weighted by Crippen LogP contribution is 2.58. The van der Waals surface area contributed by atoms with Gasteiger partial charge in [-0.2, -0.15) is 13.2 Å². The van der Waals surface area contributed by atoms with E-state index >= 15 is 0 Å². The zero-order valence-electron chi connectivity index (χ0n) is 7.93. The minimum absolute atomic E-state index is 0.748. The van der Waals surface area contributed by atoms with Crippen LogP contribution in [0.3, 0.4) is 0 Å². The van der Waals surface area contributed by atoms with E-state index in [0.717, 1.165) is 7.11 Å². The molecule has 1 saturated heterocycles. The van der Waals surface area contributed by atoms with Crippen molar-refractivity contribution in [1.82, 2.24) is 0 Å². The minimum atomic E-state index is -4.95. The summed E-state index contributed by atoms with van der Waals surface area (Å²) in [7, 11) is -3.39. The van der Waals surface area contributed by atoms with Gasteiger partial charge < -0.3 is 18.6 Å². The third-order valence-electron chi connectivity index (χ3n) is 1.81. The fraction of sp³-hybridized carbons (Fsp3) is 0.833. The molecule has 1 aliphatic rings. The average molecular weight is 266 g/mol. The monoisotopic (exact) mass is 266 g/mol. The molecular weight excluding hydrogens is 257 g/mol. The van der Waals surface area contributed by atoms with Crippen LogP contribution >= 0.6 is 10.9 Å². The molecule has 0 aromatic heterocycles. The normalized spacial score (nSPS) is 30.9. The maximum absolute atomic E-state index is 12.4. The van der Waals surface area contributed by atoms with Crippen molar-refractivity contribution in [2.75, 3.05) is 13.7 Å². The molecule has 0 aromatic rings. The van der Waals surface area contributed by atoms with Crippen molar-refractivity contribution in [3.8, 4) is 0 Å². The number of alkyl halides is 3. The molecule has 2 atom stereocenters. The smallest absolute Gasteiger partial charge is 0.438 e. The number of methoxy groups -OCH3 is 1. The van der Waals surface area contributed by atoms with E-state index in [2.05, 4.69) is 13.7 Å². The van der Waals surface area contributed by atoms with Crippen molar-refractivity contribution in [3.63, 3.8) is 0 Å². The molecule has 0 bridgehead atoms. The lowest BCUT2D eigenvalue weighted by atomic mass is 10.2. The van der Waals surface area contributed by atoms with Crippen LogP contribution in [0.2, 0.25) is 0 Å². The van der Waals surface area contributed by atoms with E-state index in [4.69, 9.17) is 9.11 Å². The second-order valence-corrected chi connectivity index (χ2v) is 4.71. The molecule has 96 valence electrons. The summed E-state index contributed by atoms with van der Waals surface area (Å²) in [6, 6.07) is 0. The van der Waals surface area contributed by atoms with Crippen molar-refractivity contribution in [2.45, 2.75) is 17.5 Å². The van der Waals surface area contributed by atoms with Crippen molar-refractivity contribution in [3.05, 3.63) is 0 Å². The summed E-state index contributed by atoms with van der Waals surface area (Å²) < 4.78 is 67.8. The van der Waals surface area contributed by atoms with Gasteiger partial charge in [0.1, 0.15) is 6.61 Å². The molecule has 1 fully saturated rings. The highest BCUT2D eigenvalue weighted by molar-refractivity contribution is 8.21. The van der Waals surface area contributed by atoms with Gasteiger partial charge in [0.05, 0.1) is 18.0 Å². The van der Waals surface area contributed by atoms with Crippen LogP contribution in [0.1, 0.15) is 0 Å². The van der Waals surface area contributed by atoms with Gasteiger partial charge in [0.15, 0.2) is 11.4 Å². The first kappa shape index (κ1) is 13.4. The summed E-state index contributed by atoms with van der Waals surface area (Å²) in [5, 5.41) is -2.65. The highest BCUT2D eigenvalue weighted by Gasteiger charge is 2.61. The lowest BCUT2D eigenvalue weighted by molar-refractivity contribution is -0.148. The summed E-state index contributed by atoms with van der Waals surface area (Å²) >= 11 is 0. The largest absolute Gasteiger partial charge is 0.508 e. The molecule has 1 rings (SSSR count). The van der Waals surface area contributed by atoms with Crippen LogP contribution < -0.4 is 0 Å². The molecule has 0 spiro atoms. The Labute approximate surface area is 89.8 Å². The molecule has 0 aliphatic carbocycles. The molecule has 1 heterocycles. The van der Waals surface area contributed by atoms with Crippen LogP contribution in [-0.2, 0) is 13.7 Å². The maximum Gasteiger partial charge on any atom is 0.508 e. The Bertz CT molecular complexity index is 280. The predicted molar refractivity (Wildman–Crippen MR) is 45.9 cm³/mol. The van der Waals surface area contributed by atoms with E-state index in [0.29, 0.717) is 0 Å². The third-order valence-corrected chi connectivity index (χ3v) is 3.53. The van der Waals surface area contributed by atoms with E-state index in [1.165, 1.54) is 0 Å². The van der Waals surface area contributed by atoms with E-state index in [9.17, 15) is 18.0 Å². The van der Waals surface area contributed by atoms with Crippen LogP contribution in [0.25, 0.3) is 0 Å². The Hall–Kier alpha value is -0.710. The van der Waals surface area contributed by atoms with E-state index in [1.54, 1.807) is 0 Å². The van der Waals surface area contributed by atoms with Gasteiger partial charge in [0.25, 0.3) is 0 Å². The van der Waals surface area contributed by atoms with Crippen molar-refractivity contribution >= 4 is 17.0 Å². The lowest BCUT2D eigenvalue weighted by Crippen LogP contribution is -2.41. The quantitative estimate of drug-likeness (QED) is 0.703. The van der Waals surface area contributed by atoms with E-state index < -0.39 is 41.2 Å². The Kier molecular flexibility index (Phi) is 3.57. The number of hydrogen-bond acceptors (Lipinski definition) is 6. The fourth-order valence-corrected chi connectivity index (χ4v) is 2.54. The summed E-state index contributed by atoms with van der Waals surface area (Å²) in [5.41, 5.74) is 0. The first-order valence-electron chi connectivity index (χ1n) is 3.91. The van der Waals surface area contributed by atoms with Gasteiger partial charge in [-0.1, -0.05) is 0 Å². The third kappa shape index (κ3) is 2.70. The van der Waals surface area contributed by atoms with Crippen molar-refractivity contribution in [2.24, 2.45) is 0 Å². The number of carbonyl (C=O) groups excluding carboxylic acids is 1. The van der Waals surface area contributed by atoms with Crippen LogP contribution in [0, 0.1) is 0 Å². The molecule has 0 radical (unpaired) electrons. The second-order valence-electron chi connectivity index (χ2n) is 2.89. The topological polar surface area (TPSA) is 85.2 Å².